The van der Waals surface area contributed by atoms with E-state index in [4.69, 9.17) is 11.6 Å². The third-order valence-corrected chi connectivity index (χ3v) is 5.34. The number of halogens is 2. The molecule has 0 fully saturated rings. The Bertz CT molecular complexity index is 760. The van der Waals surface area contributed by atoms with Crippen LogP contribution in [0, 0.1) is 0 Å². The maximum Gasteiger partial charge on any atom is 0.272 e. The molecule has 0 radical (unpaired) electrons. The zero-order valence-corrected chi connectivity index (χ0v) is 17.3. The quantitative estimate of drug-likeness (QED) is 0.654. The number of hydrogen-bond donors (Lipinski definition) is 3. The highest BCUT2D eigenvalue weighted by molar-refractivity contribution is 6.31. The van der Waals surface area contributed by atoms with Crippen LogP contribution >= 0.6 is 24.0 Å². The van der Waals surface area contributed by atoms with E-state index in [1.165, 1.54) is 0 Å². The van der Waals surface area contributed by atoms with Gasteiger partial charge in [0.15, 0.2) is 5.69 Å². The molecule has 1 aliphatic rings. The number of aromatic amines is 1. The molecule has 0 spiro atoms. The molecule has 1 atom stereocenters. The number of fused-ring (bicyclic) bond motifs is 1. The van der Waals surface area contributed by atoms with Crippen LogP contribution in [0.1, 0.15) is 47.2 Å². The minimum absolute atomic E-state index is 0. The monoisotopic (exact) mass is 411 g/mol. The van der Waals surface area contributed by atoms with Crippen LogP contribution in [0.25, 0.3) is 0 Å². The lowest BCUT2D eigenvalue weighted by Gasteiger charge is -2.30. The van der Waals surface area contributed by atoms with E-state index in [1.54, 1.807) is 0 Å². The van der Waals surface area contributed by atoms with Gasteiger partial charge < -0.3 is 10.6 Å². The van der Waals surface area contributed by atoms with E-state index in [9.17, 15) is 4.79 Å². The highest BCUT2D eigenvalue weighted by Gasteiger charge is 2.24. The first kappa shape index (κ1) is 21.7. The molecule has 0 saturated carbocycles. The van der Waals surface area contributed by atoms with Crippen molar-refractivity contribution >= 4 is 29.9 Å². The predicted molar refractivity (Wildman–Crippen MR) is 111 cm³/mol. The summed E-state index contributed by atoms with van der Waals surface area (Å²) in [6.07, 6.45) is 0.872. The molecule has 0 aliphatic carbocycles. The summed E-state index contributed by atoms with van der Waals surface area (Å²) in [6, 6.07) is 7.85. The molecule has 0 saturated heterocycles. The van der Waals surface area contributed by atoms with Crippen LogP contribution in [0.2, 0.25) is 5.02 Å². The Balaban J connectivity index is 0.00000261. The molecule has 148 valence electrons. The lowest BCUT2D eigenvalue weighted by molar-refractivity contribution is 0.0928. The molecule has 8 heteroatoms. The van der Waals surface area contributed by atoms with Gasteiger partial charge in [0, 0.05) is 42.3 Å². The zero-order chi connectivity index (χ0) is 18.5. The molecule has 1 unspecified atom stereocenters. The van der Waals surface area contributed by atoms with E-state index in [0.717, 1.165) is 47.9 Å². The fraction of sp³-hybridized carbons (Fsp3) is 0.474. The Morgan fingerprint density at radius 2 is 2.07 bits per heavy atom. The fourth-order valence-corrected chi connectivity index (χ4v) is 3.79. The van der Waals surface area contributed by atoms with E-state index in [2.05, 4.69) is 39.6 Å². The van der Waals surface area contributed by atoms with Crippen LogP contribution in [-0.2, 0) is 13.0 Å². The fourth-order valence-electron chi connectivity index (χ4n) is 3.53. The van der Waals surface area contributed by atoms with Crippen molar-refractivity contribution in [3.63, 3.8) is 0 Å². The molecule has 3 rings (SSSR count). The SMILES string of the molecule is CCN(CC)C(CNC(=O)c1n[nH]c2c1CNCC2)c1ccccc1Cl.Cl. The average molecular weight is 412 g/mol. The maximum absolute atomic E-state index is 12.7. The van der Waals surface area contributed by atoms with Crippen LogP contribution < -0.4 is 10.6 Å². The van der Waals surface area contributed by atoms with Crippen molar-refractivity contribution in [2.24, 2.45) is 0 Å². The molecule has 27 heavy (non-hydrogen) atoms. The summed E-state index contributed by atoms with van der Waals surface area (Å²) in [5.74, 6) is -0.143. The van der Waals surface area contributed by atoms with Crippen LogP contribution in [0.15, 0.2) is 24.3 Å². The van der Waals surface area contributed by atoms with E-state index < -0.39 is 0 Å². The molecular formula is C19H27Cl2N5O. The van der Waals surface area contributed by atoms with Gasteiger partial charge in [0.05, 0.1) is 6.04 Å². The minimum Gasteiger partial charge on any atom is -0.349 e. The van der Waals surface area contributed by atoms with Gasteiger partial charge in [0.2, 0.25) is 0 Å². The number of carbonyl (C=O) groups is 1. The molecule has 2 heterocycles. The van der Waals surface area contributed by atoms with Crippen molar-refractivity contribution in [3.8, 4) is 0 Å². The Morgan fingerprint density at radius 1 is 1.33 bits per heavy atom. The maximum atomic E-state index is 12.7. The molecule has 0 bridgehead atoms. The third-order valence-electron chi connectivity index (χ3n) is 4.99. The lowest BCUT2D eigenvalue weighted by atomic mass is 10.0. The van der Waals surface area contributed by atoms with Gasteiger partial charge in [-0.05, 0) is 24.7 Å². The highest BCUT2D eigenvalue weighted by atomic mass is 35.5. The molecule has 2 aromatic rings. The topological polar surface area (TPSA) is 73.0 Å². The van der Waals surface area contributed by atoms with Crippen molar-refractivity contribution < 1.29 is 4.79 Å². The molecule has 3 N–H and O–H groups in total. The molecule has 1 aliphatic heterocycles. The summed E-state index contributed by atoms with van der Waals surface area (Å²) in [6.45, 7) is 8.06. The van der Waals surface area contributed by atoms with Crippen molar-refractivity contribution in [3.05, 3.63) is 51.8 Å². The number of nitrogens with one attached hydrogen (secondary N) is 3. The number of aromatic nitrogens is 2. The minimum atomic E-state index is -0.143. The van der Waals surface area contributed by atoms with Gasteiger partial charge in [-0.25, -0.2) is 0 Å². The standard InChI is InChI=1S/C19H26ClN5O.ClH/c1-3-25(4-2)17(13-7-5-6-8-15(13)20)12-22-19(26)18-14-11-21-10-9-16(14)23-24-18;/h5-8,17,21H,3-4,9-12H2,1-2H3,(H,22,26)(H,23,24);1H. The number of rotatable bonds is 7. The molecule has 1 aromatic heterocycles. The summed E-state index contributed by atoms with van der Waals surface area (Å²) < 4.78 is 0. The normalized spacial score (nSPS) is 14.4. The number of carbonyl (C=O) groups excluding carboxylic acids is 1. The molecule has 6 nitrogen and oxygen atoms in total. The Kier molecular flexibility index (Phi) is 8.10. The first-order valence-corrected chi connectivity index (χ1v) is 9.57. The largest absolute Gasteiger partial charge is 0.349 e. The zero-order valence-electron chi connectivity index (χ0n) is 15.7. The van der Waals surface area contributed by atoms with Crippen LogP contribution in [0.4, 0.5) is 0 Å². The lowest BCUT2D eigenvalue weighted by Crippen LogP contribution is -2.38. The Hall–Kier alpha value is -1.60. The molecule has 1 aromatic carbocycles. The van der Waals surface area contributed by atoms with E-state index >= 15 is 0 Å². The second-order valence-electron chi connectivity index (χ2n) is 6.42. The van der Waals surface area contributed by atoms with Gasteiger partial charge in [-0.1, -0.05) is 43.6 Å². The van der Waals surface area contributed by atoms with E-state index in [1.807, 2.05) is 24.3 Å². The summed E-state index contributed by atoms with van der Waals surface area (Å²) in [5, 5.41) is 14.3. The average Bonchev–Trinajstić information content (AvgIpc) is 3.10. The van der Waals surface area contributed by atoms with Crippen molar-refractivity contribution in [1.29, 1.82) is 0 Å². The summed E-state index contributed by atoms with van der Waals surface area (Å²) in [5.41, 5.74) is 3.56. The summed E-state index contributed by atoms with van der Waals surface area (Å²) >= 11 is 6.42. The first-order chi connectivity index (χ1) is 12.7. The van der Waals surface area contributed by atoms with Gasteiger partial charge >= 0.3 is 0 Å². The summed E-state index contributed by atoms with van der Waals surface area (Å²) in [7, 11) is 0. The Labute approximate surface area is 171 Å². The first-order valence-electron chi connectivity index (χ1n) is 9.19. The second-order valence-corrected chi connectivity index (χ2v) is 6.83. The van der Waals surface area contributed by atoms with Gasteiger partial charge in [-0.2, -0.15) is 5.10 Å². The van der Waals surface area contributed by atoms with Gasteiger partial charge in [0.1, 0.15) is 0 Å². The van der Waals surface area contributed by atoms with Gasteiger partial charge in [-0.15, -0.1) is 12.4 Å². The summed E-state index contributed by atoms with van der Waals surface area (Å²) in [4.78, 5) is 15.0. The Morgan fingerprint density at radius 3 is 2.78 bits per heavy atom. The van der Waals surface area contributed by atoms with E-state index in [0.29, 0.717) is 18.8 Å². The number of nitrogens with zero attached hydrogens (tertiary/aromatic N) is 2. The van der Waals surface area contributed by atoms with Crippen LogP contribution in [-0.4, -0.2) is 47.2 Å². The number of likely N-dealkylation sites (N-methyl/N-ethyl adjacent to an activating group) is 1. The van der Waals surface area contributed by atoms with Crippen molar-refractivity contribution in [2.75, 3.05) is 26.2 Å². The van der Waals surface area contributed by atoms with Crippen LogP contribution in [0.5, 0.6) is 0 Å². The smallest absolute Gasteiger partial charge is 0.272 e. The number of H-pyrrole nitrogens is 1. The van der Waals surface area contributed by atoms with Gasteiger partial charge in [-0.3, -0.25) is 14.8 Å². The van der Waals surface area contributed by atoms with E-state index in [-0.39, 0.29) is 24.4 Å². The molecule has 1 amide bonds. The van der Waals surface area contributed by atoms with Crippen molar-refractivity contribution in [1.82, 2.24) is 25.7 Å². The number of hydrogen-bond acceptors (Lipinski definition) is 4. The highest BCUT2D eigenvalue weighted by Crippen LogP contribution is 2.27. The third kappa shape index (κ3) is 4.82. The van der Waals surface area contributed by atoms with Crippen molar-refractivity contribution in [2.45, 2.75) is 32.9 Å². The van der Waals surface area contributed by atoms with Gasteiger partial charge in [0.25, 0.3) is 5.91 Å². The molecular weight excluding hydrogens is 385 g/mol. The predicted octanol–water partition coefficient (Wildman–Crippen LogP) is 2.94. The number of amides is 1. The number of benzene rings is 1. The second kappa shape index (κ2) is 10.1. The van der Waals surface area contributed by atoms with Crippen LogP contribution in [0.3, 0.4) is 0 Å².